The fourth-order valence-corrected chi connectivity index (χ4v) is 3.04. The number of rotatable bonds is 4. The fourth-order valence-electron chi connectivity index (χ4n) is 2.83. The van der Waals surface area contributed by atoms with Crippen molar-refractivity contribution < 1.29 is 4.39 Å². The Morgan fingerprint density at radius 1 is 1.37 bits per heavy atom. The number of benzene rings is 1. The highest BCUT2D eigenvalue weighted by Gasteiger charge is 2.21. The van der Waals surface area contributed by atoms with Crippen LogP contribution in [-0.4, -0.2) is 11.0 Å². The van der Waals surface area contributed by atoms with Crippen molar-refractivity contribution in [3.8, 4) is 0 Å². The van der Waals surface area contributed by atoms with Crippen LogP contribution in [0.2, 0.25) is 0 Å². The van der Waals surface area contributed by atoms with Gasteiger partial charge in [0, 0.05) is 11.7 Å². The zero-order valence-corrected chi connectivity index (χ0v) is 12.1. The molecule has 0 bridgehead atoms. The van der Waals surface area contributed by atoms with Gasteiger partial charge in [0.15, 0.2) is 0 Å². The van der Waals surface area contributed by atoms with Crippen molar-refractivity contribution in [2.24, 2.45) is 11.7 Å². The lowest BCUT2D eigenvalue weighted by atomic mass is 9.84. The molecule has 3 N–H and O–H groups in total. The summed E-state index contributed by atoms with van der Waals surface area (Å²) in [5.74, 6) is 0.500. The molecule has 0 aliphatic heterocycles. The second-order valence-corrected chi connectivity index (χ2v) is 5.74. The van der Waals surface area contributed by atoms with E-state index < -0.39 is 0 Å². The molecular formula is C15H21FN2S. The summed E-state index contributed by atoms with van der Waals surface area (Å²) in [4.78, 5) is 0.114. The van der Waals surface area contributed by atoms with Crippen LogP contribution in [0.5, 0.6) is 0 Å². The van der Waals surface area contributed by atoms with E-state index in [-0.39, 0.29) is 10.8 Å². The van der Waals surface area contributed by atoms with E-state index in [0.29, 0.717) is 11.6 Å². The van der Waals surface area contributed by atoms with Gasteiger partial charge in [0.25, 0.3) is 0 Å². The highest BCUT2D eigenvalue weighted by Crippen LogP contribution is 2.29. The first-order valence-corrected chi connectivity index (χ1v) is 7.37. The molecular weight excluding hydrogens is 259 g/mol. The van der Waals surface area contributed by atoms with E-state index >= 15 is 0 Å². The molecule has 104 valence electrons. The van der Waals surface area contributed by atoms with E-state index in [1.807, 2.05) is 6.07 Å². The highest BCUT2D eigenvalue weighted by molar-refractivity contribution is 7.80. The lowest BCUT2D eigenvalue weighted by molar-refractivity contribution is 0.330. The summed E-state index contributed by atoms with van der Waals surface area (Å²) in [6, 6.07) is 5.34. The zero-order chi connectivity index (χ0) is 13.8. The highest BCUT2D eigenvalue weighted by atomic mass is 32.1. The standard InChI is InChI=1S/C15H21FN2S/c1-2-10-6-8-11(9-7-10)18-13-5-3-4-12(16)14(13)15(17)19/h3-5,10-11,18H,2,6-9H2,1H3,(H2,17,19). The van der Waals surface area contributed by atoms with Crippen molar-refractivity contribution in [3.63, 3.8) is 0 Å². The van der Waals surface area contributed by atoms with E-state index in [9.17, 15) is 4.39 Å². The van der Waals surface area contributed by atoms with E-state index in [0.717, 1.165) is 24.4 Å². The largest absolute Gasteiger partial charge is 0.389 e. The summed E-state index contributed by atoms with van der Waals surface area (Å²) in [6.45, 7) is 2.25. The number of anilines is 1. The second kappa shape index (κ2) is 6.33. The minimum atomic E-state index is -0.347. The molecule has 1 fully saturated rings. The molecule has 0 heterocycles. The van der Waals surface area contributed by atoms with Gasteiger partial charge in [-0.05, 0) is 43.7 Å². The van der Waals surface area contributed by atoms with Crippen LogP contribution in [0.25, 0.3) is 0 Å². The molecule has 0 amide bonds. The molecule has 0 unspecified atom stereocenters. The van der Waals surface area contributed by atoms with Crippen LogP contribution in [0.3, 0.4) is 0 Å². The van der Waals surface area contributed by atoms with Gasteiger partial charge >= 0.3 is 0 Å². The molecule has 1 aliphatic carbocycles. The third kappa shape index (κ3) is 3.44. The Morgan fingerprint density at radius 3 is 2.63 bits per heavy atom. The first kappa shape index (κ1) is 14.3. The third-order valence-electron chi connectivity index (χ3n) is 4.04. The predicted octanol–water partition coefficient (Wildman–Crippen LogP) is 3.84. The molecule has 0 spiro atoms. The first-order valence-electron chi connectivity index (χ1n) is 6.96. The number of hydrogen-bond acceptors (Lipinski definition) is 2. The van der Waals surface area contributed by atoms with Gasteiger partial charge in [-0.25, -0.2) is 4.39 Å². The van der Waals surface area contributed by atoms with Gasteiger partial charge < -0.3 is 11.1 Å². The van der Waals surface area contributed by atoms with E-state index in [1.54, 1.807) is 6.07 Å². The average Bonchev–Trinajstić information content (AvgIpc) is 2.39. The summed E-state index contributed by atoms with van der Waals surface area (Å²) in [7, 11) is 0. The third-order valence-corrected chi connectivity index (χ3v) is 4.25. The van der Waals surface area contributed by atoms with Crippen LogP contribution in [0.4, 0.5) is 10.1 Å². The maximum atomic E-state index is 13.8. The van der Waals surface area contributed by atoms with Crippen LogP contribution < -0.4 is 11.1 Å². The molecule has 0 aromatic heterocycles. The Hall–Kier alpha value is -1.16. The number of nitrogens with one attached hydrogen (secondary N) is 1. The van der Waals surface area contributed by atoms with Crippen LogP contribution in [0.1, 0.15) is 44.6 Å². The van der Waals surface area contributed by atoms with Gasteiger partial charge in [-0.15, -0.1) is 0 Å². The molecule has 4 heteroatoms. The maximum Gasteiger partial charge on any atom is 0.135 e. The number of hydrogen-bond donors (Lipinski definition) is 2. The van der Waals surface area contributed by atoms with Crippen molar-refractivity contribution >= 4 is 22.9 Å². The monoisotopic (exact) mass is 280 g/mol. The number of thiocarbonyl (C=S) groups is 1. The quantitative estimate of drug-likeness (QED) is 0.823. The molecule has 0 saturated heterocycles. The Balaban J connectivity index is 2.08. The van der Waals surface area contributed by atoms with Crippen LogP contribution in [0.15, 0.2) is 18.2 Å². The SMILES string of the molecule is CCC1CCC(Nc2cccc(F)c2C(N)=S)CC1. The van der Waals surface area contributed by atoms with Gasteiger partial charge in [-0.3, -0.25) is 0 Å². The van der Waals surface area contributed by atoms with E-state index in [2.05, 4.69) is 12.2 Å². The van der Waals surface area contributed by atoms with Crippen LogP contribution >= 0.6 is 12.2 Å². The molecule has 2 nitrogen and oxygen atoms in total. The normalized spacial score (nSPS) is 23.1. The van der Waals surface area contributed by atoms with Crippen LogP contribution in [0, 0.1) is 11.7 Å². The van der Waals surface area contributed by atoms with Crippen molar-refractivity contribution in [1.82, 2.24) is 0 Å². The van der Waals surface area contributed by atoms with Gasteiger partial charge in [0.05, 0.1) is 5.56 Å². The molecule has 1 aromatic carbocycles. The van der Waals surface area contributed by atoms with Crippen molar-refractivity contribution in [3.05, 3.63) is 29.6 Å². The Bertz CT molecular complexity index is 453. The molecule has 0 atom stereocenters. The summed E-state index contributed by atoms with van der Waals surface area (Å²) >= 11 is 4.94. The van der Waals surface area contributed by atoms with Crippen molar-refractivity contribution in [2.45, 2.75) is 45.1 Å². The number of halogens is 1. The summed E-state index contributed by atoms with van der Waals surface area (Å²) in [5, 5.41) is 3.41. The predicted molar refractivity (Wildman–Crippen MR) is 81.9 cm³/mol. The Labute approximate surface area is 119 Å². The van der Waals surface area contributed by atoms with Crippen LogP contribution in [-0.2, 0) is 0 Å². The maximum absolute atomic E-state index is 13.8. The average molecular weight is 280 g/mol. The lowest BCUT2D eigenvalue weighted by Gasteiger charge is -2.29. The smallest absolute Gasteiger partial charge is 0.135 e. The topological polar surface area (TPSA) is 38.0 Å². The minimum Gasteiger partial charge on any atom is -0.389 e. The van der Waals surface area contributed by atoms with Crippen molar-refractivity contribution in [1.29, 1.82) is 0 Å². The summed E-state index contributed by atoms with van der Waals surface area (Å²) in [5.41, 5.74) is 6.69. The van der Waals surface area contributed by atoms with Gasteiger partial charge in [-0.2, -0.15) is 0 Å². The lowest BCUT2D eigenvalue weighted by Crippen LogP contribution is -2.27. The summed E-state index contributed by atoms with van der Waals surface area (Å²) in [6.07, 6.45) is 6.00. The Morgan fingerprint density at radius 2 is 2.05 bits per heavy atom. The molecule has 1 saturated carbocycles. The number of nitrogens with two attached hydrogens (primary N) is 1. The van der Waals surface area contributed by atoms with E-state index in [4.69, 9.17) is 18.0 Å². The molecule has 2 rings (SSSR count). The van der Waals surface area contributed by atoms with Gasteiger partial charge in [-0.1, -0.05) is 31.6 Å². The Kier molecular flexibility index (Phi) is 4.75. The van der Waals surface area contributed by atoms with Gasteiger partial charge in [0.2, 0.25) is 0 Å². The second-order valence-electron chi connectivity index (χ2n) is 5.30. The molecule has 0 radical (unpaired) electrons. The molecule has 1 aliphatic rings. The zero-order valence-electron chi connectivity index (χ0n) is 11.3. The van der Waals surface area contributed by atoms with E-state index in [1.165, 1.54) is 25.3 Å². The summed E-state index contributed by atoms with van der Waals surface area (Å²) < 4.78 is 13.8. The fraction of sp³-hybridized carbons (Fsp3) is 0.533. The van der Waals surface area contributed by atoms with Crippen molar-refractivity contribution in [2.75, 3.05) is 5.32 Å². The first-order chi connectivity index (χ1) is 9.11. The molecule has 1 aromatic rings. The molecule has 19 heavy (non-hydrogen) atoms. The minimum absolute atomic E-state index is 0.114. The van der Waals surface area contributed by atoms with Gasteiger partial charge in [0.1, 0.15) is 10.8 Å².